The molecule has 2 rings (SSSR count). The molecule has 0 spiro atoms. The van der Waals surface area contributed by atoms with Gasteiger partial charge in [-0.25, -0.2) is 4.98 Å². The number of aromatic nitrogens is 1. The Kier molecular flexibility index (Phi) is 5.20. The van der Waals surface area contributed by atoms with E-state index in [1.807, 2.05) is 6.07 Å². The molecular weight excluding hydrogens is 276 g/mol. The first-order valence-electron chi connectivity index (χ1n) is 6.74. The van der Waals surface area contributed by atoms with E-state index in [9.17, 15) is 0 Å². The summed E-state index contributed by atoms with van der Waals surface area (Å²) in [7, 11) is 1.78. The minimum absolute atomic E-state index is 0.234. The molecule has 1 fully saturated rings. The average molecular weight is 297 g/mol. The van der Waals surface area contributed by atoms with Crippen LogP contribution in [0, 0.1) is 5.41 Å². The lowest BCUT2D eigenvalue weighted by molar-refractivity contribution is -0.0971. The van der Waals surface area contributed by atoms with Gasteiger partial charge in [-0.2, -0.15) is 0 Å². The van der Waals surface area contributed by atoms with Crippen LogP contribution in [0.25, 0.3) is 0 Å². The van der Waals surface area contributed by atoms with Gasteiger partial charge in [0.1, 0.15) is 5.15 Å². The first-order chi connectivity index (χ1) is 9.61. The lowest BCUT2D eigenvalue weighted by Gasteiger charge is -2.38. The van der Waals surface area contributed by atoms with Crippen molar-refractivity contribution in [3.63, 3.8) is 0 Å². The van der Waals surface area contributed by atoms with E-state index in [0.29, 0.717) is 5.15 Å². The third kappa shape index (κ3) is 4.35. The average Bonchev–Trinajstić information content (AvgIpc) is 2.42. The van der Waals surface area contributed by atoms with Crippen molar-refractivity contribution < 1.29 is 4.74 Å². The Morgan fingerprint density at radius 1 is 1.45 bits per heavy atom. The van der Waals surface area contributed by atoms with Crippen molar-refractivity contribution in [2.45, 2.75) is 13.3 Å². The smallest absolute Gasteiger partial charge is 0.191 e. The van der Waals surface area contributed by atoms with Crippen LogP contribution in [-0.4, -0.2) is 44.3 Å². The molecule has 0 saturated carbocycles. The summed E-state index contributed by atoms with van der Waals surface area (Å²) in [6.45, 7) is 5.50. The molecule has 6 heteroatoms. The monoisotopic (exact) mass is 296 g/mol. The molecule has 0 atom stereocenters. The first kappa shape index (κ1) is 15.1. The van der Waals surface area contributed by atoms with Crippen LogP contribution in [0.15, 0.2) is 23.3 Å². The predicted molar refractivity (Wildman–Crippen MR) is 81.2 cm³/mol. The summed E-state index contributed by atoms with van der Waals surface area (Å²) in [5.41, 5.74) is 1.38. The van der Waals surface area contributed by atoms with Crippen molar-refractivity contribution in [3.05, 3.63) is 29.0 Å². The topological polar surface area (TPSA) is 58.5 Å². The predicted octanol–water partition coefficient (Wildman–Crippen LogP) is 1.48. The molecule has 1 aliphatic heterocycles. The van der Waals surface area contributed by atoms with Gasteiger partial charge in [-0.05, 0) is 18.1 Å². The molecule has 0 unspecified atom stereocenters. The maximum absolute atomic E-state index is 5.76. The fraction of sp³-hybridized carbons (Fsp3) is 0.571. The summed E-state index contributed by atoms with van der Waals surface area (Å²) in [6, 6.07) is 3.79. The second-order valence-electron chi connectivity index (χ2n) is 5.40. The second kappa shape index (κ2) is 6.90. The molecule has 0 amide bonds. The Labute approximate surface area is 124 Å². The molecule has 2 N–H and O–H groups in total. The lowest BCUT2D eigenvalue weighted by atomic mass is 9.89. The van der Waals surface area contributed by atoms with Crippen LogP contribution in [0.5, 0.6) is 0 Å². The van der Waals surface area contributed by atoms with Crippen LogP contribution in [0.4, 0.5) is 0 Å². The van der Waals surface area contributed by atoms with Gasteiger partial charge in [0.05, 0.1) is 13.2 Å². The standard InChI is InChI=1S/C14H21ClN4O/c1-14(9-20-10-14)8-19-13(16-2)17-6-5-11-3-4-12(15)18-7-11/h3-4,7H,5-6,8-10H2,1-2H3,(H2,16,17,19). The minimum Gasteiger partial charge on any atom is -0.380 e. The summed E-state index contributed by atoms with van der Waals surface area (Å²) >= 11 is 5.76. The summed E-state index contributed by atoms with van der Waals surface area (Å²) in [5.74, 6) is 0.819. The largest absolute Gasteiger partial charge is 0.380 e. The zero-order valence-corrected chi connectivity index (χ0v) is 12.7. The molecule has 2 heterocycles. The molecule has 0 aliphatic carbocycles. The molecule has 0 aromatic carbocycles. The Morgan fingerprint density at radius 3 is 2.80 bits per heavy atom. The molecule has 20 heavy (non-hydrogen) atoms. The second-order valence-corrected chi connectivity index (χ2v) is 5.78. The van der Waals surface area contributed by atoms with Gasteiger partial charge >= 0.3 is 0 Å². The van der Waals surface area contributed by atoms with Crippen LogP contribution in [-0.2, 0) is 11.2 Å². The van der Waals surface area contributed by atoms with E-state index in [0.717, 1.165) is 44.2 Å². The number of hydrogen-bond acceptors (Lipinski definition) is 3. The van der Waals surface area contributed by atoms with Crippen LogP contribution < -0.4 is 10.6 Å². The number of aliphatic imine (C=N–C) groups is 1. The SMILES string of the molecule is CN=C(NCCc1ccc(Cl)nc1)NCC1(C)COC1. The number of nitrogens with one attached hydrogen (secondary N) is 2. The fourth-order valence-electron chi connectivity index (χ4n) is 1.95. The number of nitrogens with zero attached hydrogens (tertiary/aromatic N) is 2. The van der Waals surface area contributed by atoms with E-state index in [1.54, 1.807) is 19.3 Å². The van der Waals surface area contributed by atoms with E-state index in [2.05, 4.69) is 27.5 Å². The highest BCUT2D eigenvalue weighted by Crippen LogP contribution is 2.24. The first-order valence-corrected chi connectivity index (χ1v) is 7.12. The highest BCUT2D eigenvalue weighted by atomic mass is 35.5. The van der Waals surface area contributed by atoms with Crippen molar-refractivity contribution in [1.82, 2.24) is 15.6 Å². The molecule has 0 bridgehead atoms. The van der Waals surface area contributed by atoms with Crippen LogP contribution in [0.1, 0.15) is 12.5 Å². The van der Waals surface area contributed by atoms with E-state index in [-0.39, 0.29) is 5.41 Å². The van der Waals surface area contributed by atoms with Gasteiger partial charge in [0.2, 0.25) is 0 Å². The van der Waals surface area contributed by atoms with Gasteiger partial charge < -0.3 is 15.4 Å². The molecule has 1 saturated heterocycles. The van der Waals surface area contributed by atoms with Gasteiger partial charge in [-0.1, -0.05) is 24.6 Å². The summed E-state index contributed by atoms with van der Waals surface area (Å²) in [6.07, 6.45) is 2.68. The number of halogens is 1. The third-order valence-corrected chi connectivity index (χ3v) is 3.53. The normalized spacial score (nSPS) is 17.4. The van der Waals surface area contributed by atoms with Crippen LogP contribution in [0.2, 0.25) is 5.15 Å². The van der Waals surface area contributed by atoms with Crippen molar-refractivity contribution in [3.8, 4) is 0 Å². The quantitative estimate of drug-likeness (QED) is 0.491. The third-order valence-electron chi connectivity index (χ3n) is 3.30. The molecule has 1 aromatic heterocycles. The number of hydrogen-bond donors (Lipinski definition) is 2. The van der Waals surface area contributed by atoms with E-state index in [4.69, 9.17) is 16.3 Å². The molecule has 0 radical (unpaired) electrons. The van der Waals surface area contributed by atoms with Gasteiger partial charge in [0.25, 0.3) is 0 Å². The number of pyridine rings is 1. The lowest BCUT2D eigenvalue weighted by Crippen LogP contribution is -2.51. The van der Waals surface area contributed by atoms with E-state index >= 15 is 0 Å². The summed E-state index contributed by atoms with van der Waals surface area (Å²) in [4.78, 5) is 8.27. The van der Waals surface area contributed by atoms with E-state index < -0.39 is 0 Å². The Hall–Kier alpha value is -1.33. The van der Waals surface area contributed by atoms with E-state index in [1.165, 1.54) is 0 Å². The maximum atomic E-state index is 5.76. The Bertz CT molecular complexity index is 457. The highest BCUT2D eigenvalue weighted by molar-refractivity contribution is 6.29. The molecule has 5 nitrogen and oxygen atoms in total. The van der Waals surface area contributed by atoms with Crippen LogP contribution >= 0.6 is 11.6 Å². The maximum Gasteiger partial charge on any atom is 0.191 e. The van der Waals surface area contributed by atoms with Crippen molar-refractivity contribution in [2.75, 3.05) is 33.4 Å². The molecule has 110 valence electrons. The van der Waals surface area contributed by atoms with Gasteiger partial charge in [0, 0.05) is 31.7 Å². The van der Waals surface area contributed by atoms with Crippen molar-refractivity contribution >= 4 is 17.6 Å². The minimum atomic E-state index is 0.234. The number of ether oxygens (including phenoxy) is 1. The fourth-order valence-corrected chi connectivity index (χ4v) is 2.06. The zero-order chi connectivity index (χ0) is 14.4. The number of rotatable bonds is 5. The van der Waals surface area contributed by atoms with Crippen molar-refractivity contribution in [1.29, 1.82) is 0 Å². The Morgan fingerprint density at radius 2 is 2.25 bits per heavy atom. The van der Waals surface area contributed by atoms with Gasteiger partial charge in [-0.3, -0.25) is 4.99 Å². The molecule has 1 aliphatic rings. The molecule has 1 aromatic rings. The summed E-state index contributed by atoms with van der Waals surface area (Å²) in [5, 5.41) is 7.14. The zero-order valence-electron chi connectivity index (χ0n) is 11.9. The van der Waals surface area contributed by atoms with Crippen molar-refractivity contribution in [2.24, 2.45) is 10.4 Å². The van der Waals surface area contributed by atoms with Gasteiger partial charge in [0.15, 0.2) is 5.96 Å². The number of guanidine groups is 1. The summed E-state index contributed by atoms with van der Waals surface area (Å²) < 4.78 is 5.23. The molecular formula is C14H21ClN4O. The van der Waals surface area contributed by atoms with Gasteiger partial charge in [-0.15, -0.1) is 0 Å². The Balaban J connectivity index is 1.69. The highest BCUT2D eigenvalue weighted by Gasteiger charge is 2.33. The van der Waals surface area contributed by atoms with Crippen LogP contribution in [0.3, 0.4) is 0 Å².